The van der Waals surface area contributed by atoms with E-state index in [1.54, 1.807) is 45.0 Å². The summed E-state index contributed by atoms with van der Waals surface area (Å²) in [5, 5.41) is 2.13. The smallest absolute Gasteiger partial charge is 0.407 e. The van der Waals surface area contributed by atoms with Crippen molar-refractivity contribution in [3.63, 3.8) is 0 Å². The zero-order chi connectivity index (χ0) is 13.8. The Morgan fingerprint density at radius 1 is 1.22 bits per heavy atom. The van der Waals surface area contributed by atoms with Gasteiger partial charge in [-0.25, -0.2) is 4.79 Å². The van der Waals surface area contributed by atoms with Gasteiger partial charge in [-0.05, 0) is 50.1 Å². The van der Waals surface area contributed by atoms with Crippen LogP contribution in [0.1, 0.15) is 36.7 Å². The van der Waals surface area contributed by atoms with E-state index >= 15 is 0 Å². The number of rotatable bonds is 3. The molecule has 0 aliphatic heterocycles. The molecule has 1 aromatic carbocycles. The molecule has 1 rings (SSSR count). The predicted octanol–water partition coefficient (Wildman–Crippen LogP) is 3.09. The van der Waals surface area contributed by atoms with Crippen LogP contribution in [0.3, 0.4) is 0 Å². The normalized spacial score (nSPS) is 10.9. The fraction of sp³-hybridized carbons (Fsp3) is 0.385. The van der Waals surface area contributed by atoms with Crippen molar-refractivity contribution in [2.24, 2.45) is 0 Å². The maximum absolute atomic E-state index is 11.4. The fourth-order valence-electron chi connectivity index (χ4n) is 1.24. The highest BCUT2D eigenvalue weighted by molar-refractivity contribution is 6.67. The average Bonchev–Trinajstić information content (AvgIpc) is 2.24. The van der Waals surface area contributed by atoms with E-state index in [1.807, 2.05) is 0 Å². The molecule has 0 aromatic heterocycles. The average molecular weight is 270 g/mol. The molecular formula is C13H16ClNO3. The van der Waals surface area contributed by atoms with Crippen molar-refractivity contribution in [3.8, 4) is 0 Å². The molecular weight excluding hydrogens is 254 g/mol. The molecule has 0 aliphatic carbocycles. The second kappa shape index (κ2) is 5.87. The first-order chi connectivity index (χ1) is 8.28. The molecule has 0 unspecified atom stereocenters. The van der Waals surface area contributed by atoms with Crippen LogP contribution >= 0.6 is 11.6 Å². The quantitative estimate of drug-likeness (QED) is 0.858. The number of halogens is 1. The maximum atomic E-state index is 11.4. The molecule has 0 saturated heterocycles. The molecule has 0 aliphatic rings. The Morgan fingerprint density at radius 2 is 1.78 bits per heavy atom. The molecule has 5 heteroatoms. The number of nitrogens with one attached hydrogen (secondary N) is 1. The van der Waals surface area contributed by atoms with Crippen molar-refractivity contribution in [1.29, 1.82) is 0 Å². The summed E-state index contributed by atoms with van der Waals surface area (Å²) in [7, 11) is 0. The molecule has 0 spiro atoms. The van der Waals surface area contributed by atoms with Crippen molar-refractivity contribution >= 4 is 22.9 Å². The van der Waals surface area contributed by atoms with Crippen LogP contribution in [0.15, 0.2) is 24.3 Å². The van der Waals surface area contributed by atoms with Crippen LogP contribution < -0.4 is 5.32 Å². The maximum Gasteiger partial charge on any atom is 0.407 e. The monoisotopic (exact) mass is 269 g/mol. The number of amides is 1. The van der Waals surface area contributed by atoms with Crippen molar-refractivity contribution < 1.29 is 14.3 Å². The molecule has 0 radical (unpaired) electrons. The third-order valence-electron chi connectivity index (χ3n) is 2.02. The van der Waals surface area contributed by atoms with Gasteiger partial charge in [-0.1, -0.05) is 12.1 Å². The van der Waals surface area contributed by atoms with Crippen molar-refractivity contribution in [2.45, 2.75) is 32.9 Å². The van der Waals surface area contributed by atoms with E-state index in [2.05, 4.69) is 5.32 Å². The van der Waals surface area contributed by atoms with Crippen LogP contribution in [0.4, 0.5) is 4.79 Å². The number of benzene rings is 1. The Hall–Kier alpha value is -1.55. The van der Waals surface area contributed by atoms with Gasteiger partial charge < -0.3 is 10.1 Å². The van der Waals surface area contributed by atoms with Crippen LogP contribution in [0.5, 0.6) is 0 Å². The summed E-state index contributed by atoms with van der Waals surface area (Å²) in [6.45, 7) is 5.74. The van der Waals surface area contributed by atoms with Crippen LogP contribution in [0.25, 0.3) is 0 Å². The summed E-state index contributed by atoms with van der Waals surface area (Å²) in [4.78, 5) is 22.3. The van der Waals surface area contributed by atoms with E-state index < -0.39 is 16.9 Å². The Kier molecular flexibility index (Phi) is 4.73. The first-order valence-electron chi connectivity index (χ1n) is 5.53. The SMILES string of the molecule is CC(C)(C)OC(=O)NCc1ccc(C(=O)Cl)cc1. The summed E-state index contributed by atoms with van der Waals surface area (Å²) in [5.41, 5.74) is 0.777. The van der Waals surface area contributed by atoms with Crippen LogP contribution in [0.2, 0.25) is 0 Å². The highest BCUT2D eigenvalue weighted by Gasteiger charge is 2.15. The van der Waals surface area contributed by atoms with Gasteiger partial charge in [0.05, 0.1) is 0 Å². The molecule has 18 heavy (non-hydrogen) atoms. The van der Waals surface area contributed by atoms with Gasteiger partial charge in [0.1, 0.15) is 5.60 Å². The molecule has 98 valence electrons. The molecule has 0 fully saturated rings. The first-order valence-corrected chi connectivity index (χ1v) is 5.91. The predicted molar refractivity (Wildman–Crippen MR) is 69.7 cm³/mol. The van der Waals surface area contributed by atoms with Gasteiger partial charge in [0.25, 0.3) is 5.24 Å². The van der Waals surface area contributed by atoms with Crippen molar-refractivity contribution in [3.05, 3.63) is 35.4 Å². The molecule has 1 aromatic rings. The Bertz CT molecular complexity index is 435. The Balaban J connectivity index is 2.49. The number of hydrogen-bond donors (Lipinski definition) is 1. The minimum absolute atomic E-state index is 0.339. The molecule has 4 nitrogen and oxygen atoms in total. The van der Waals surface area contributed by atoms with E-state index in [-0.39, 0.29) is 0 Å². The molecule has 0 heterocycles. The molecule has 1 amide bonds. The van der Waals surface area contributed by atoms with Gasteiger partial charge in [0.2, 0.25) is 0 Å². The van der Waals surface area contributed by atoms with E-state index in [4.69, 9.17) is 16.3 Å². The standard InChI is InChI=1S/C13H16ClNO3/c1-13(2,3)18-12(17)15-8-9-4-6-10(7-5-9)11(14)16/h4-7H,8H2,1-3H3,(H,15,17). The van der Waals surface area contributed by atoms with Gasteiger partial charge in [0, 0.05) is 12.1 Å². The van der Waals surface area contributed by atoms with Crippen LogP contribution in [-0.2, 0) is 11.3 Å². The summed E-state index contributed by atoms with van der Waals surface area (Å²) < 4.78 is 5.10. The number of alkyl carbamates (subject to hydrolysis) is 1. The largest absolute Gasteiger partial charge is 0.444 e. The molecule has 0 atom stereocenters. The lowest BCUT2D eigenvalue weighted by molar-refractivity contribution is 0.0523. The van der Waals surface area contributed by atoms with Gasteiger partial charge in [-0.2, -0.15) is 0 Å². The number of carbonyl (C=O) groups is 2. The Labute approximate surface area is 111 Å². The van der Waals surface area contributed by atoms with E-state index in [1.165, 1.54) is 0 Å². The van der Waals surface area contributed by atoms with E-state index in [0.29, 0.717) is 12.1 Å². The molecule has 0 saturated carbocycles. The van der Waals surface area contributed by atoms with Crippen LogP contribution in [0, 0.1) is 0 Å². The summed E-state index contributed by atoms with van der Waals surface area (Å²) in [6, 6.07) is 6.68. The highest BCUT2D eigenvalue weighted by atomic mass is 35.5. The lowest BCUT2D eigenvalue weighted by Crippen LogP contribution is -2.32. The third kappa shape index (κ3) is 5.19. The number of ether oxygens (including phenoxy) is 1. The minimum Gasteiger partial charge on any atom is -0.444 e. The van der Waals surface area contributed by atoms with Crippen LogP contribution in [-0.4, -0.2) is 16.9 Å². The third-order valence-corrected chi connectivity index (χ3v) is 2.23. The lowest BCUT2D eigenvalue weighted by atomic mass is 10.1. The van der Waals surface area contributed by atoms with Crippen molar-refractivity contribution in [1.82, 2.24) is 5.32 Å². The van der Waals surface area contributed by atoms with Gasteiger partial charge in [0.15, 0.2) is 0 Å². The van der Waals surface area contributed by atoms with Gasteiger partial charge in [-0.3, -0.25) is 4.79 Å². The van der Waals surface area contributed by atoms with E-state index in [9.17, 15) is 9.59 Å². The zero-order valence-electron chi connectivity index (χ0n) is 10.6. The first kappa shape index (κ1) is 14.5. The van der Waals surface area contributed by atoms with E-state index in [0.717, 1.165) is 5.56 Å². The van der Waals surface area contributed by atoms with Crippen molar-refractivity contribution in [2.75, 3.05) is 0 Å². The van der Waals surface area contributed by atoms with Gasteiger partial charge in [-0.15, -0.1) is 0 Å². The molecule has 1 N–H and O–H groups in total. The lowest BCUT2D eigenvalue weighted by Gasteiger charge is -2.19. The second-order valence-corrected chi connectivity index (χ2v) is 5.17. The number of hydrogen-bond acceptors (Lipinski definition) is 3. The highest BCUT2D eigenvalue weighted by Crippen LogP contribution is 2.09. The fourth-order valence-corrected chi connectivity index (χ4v) is 1.37. The zero-order valence-corrected chi connectivity index (χ0v) is 11.4. The number of carbonyl (C=O) groups excluding carboxylic acids is 2. The Morgan fingerprint density at radius 3 is 2.22 bits per heavy atom. The summed E-state index contributed by atoms with van der Waals surface area (Å²) in [6.07, 6.45) is -0.472. The summed E-state index contributed by atoms with van der Waals surface area (Å²) >= 11 is 5.33. The molecule has 0 bridgehead atoms. The summed E-state index contributed by atoms with van der Waals surface area (Å²) in [5.74, 6) is 0. The second-order valence-electron chi connectivity index (χ2n) is 4.83. The minimum atomic E-state index is -0.515. The topological polar surface area (TPSA) is 55.4 Å². The van der Waals surface area contributed by atoms with Gasteiger partial charge >= 0.3 is 6.09 Å².